The van der Waals surface area contributed by atoms with Gasteiger partial charge in [-0.1, -0.05) is 6.42 Å². The first-order valence-corrected chi connectivity index (χ1v) is 12.8. The number of aliphatic imine (C=N–C) groups is 2. The summed E-state index contributed by atoms with van der Waals surface area (Å²) in [4.78, 5) is 69.5. The molecule has 0 unspecified atom stereocenters. The molecule has 228 valence electrons. The van der Waals surface area contributed by atoms with E-state index in [9.17, 15) is 29.1 Å². The number of nitrogens with two attached hydrogens (primary N) is 7. The van der Waals surface area contributed by atoms with E-state index in [1.165, 1.54) is 0 Å². The van der Waals surface area contributed by atoms with Gasteiger partial charge in [-0.2, -0.15) is 0 Å². The minimum atomic E-state index is -1.53. The van der Waals surface area contributed by atoms with Crippen molar-refractivity contribution in [2.45, 2.75) is 75.5 Å². The Morgan fingerprint density at radius 3 is 1.60 bits per heavy atom. The predicted molar refractivity (Wildman–Crippen MR) is 148 cm³/mol. The van der Waals surface area contributed by atoms with Gasteiger partial charge in [0.25, 0.3) is 0 Å². The predicted octanol–water partition coefficient (Wildman–Crippen LogP) is -5.04. The zero-order valence-electron chi connectivity index (χ0n) is 22.5. The number of carbonyl (C=O) groups excluding carboxylic acids is 4. The summed E-state index contributed by atoms with van der Waals surface area (Å²) >= 11 is 0. The van der Waals surface area contributed by atoms with Crippen molar-refractivity contribution in [3.05, 3.63) is 0 Å². The smallest absolute Gasteiger partial charge is 0.326 e. The summed E-state index contributed by atoms with van der Waals surface area (Å²) in [6, 6.07) is -4.99. The summed E-state index contributed by atoms with van der Waals surface area (Å²) in [6.07, 6.45) is 1.46. The molecule has 0 saturated carbocycles. The molecule has 0 aliphatic rings. The number of primary amides is 1. The average Bonchev–Trinajstić information content (AvgIpc) is 2.86. The summed E-state index contributed by atoms with van der Waals surface area (Å²) in [5, 5.41) is 16.7. The number of carboxylic acids is 1. The first-order valence-electron chi connectivity index (χ1n) is 12.8. The molecule has 0 aliphatic carbocycles. The lowest BCUT2D eigenvalue weighted by atomic mass is 10.1. The standard InChI is InChI=1S/C22H44N12O6/c23-8-2-1-5-12(24)17(36)32-13(6-3-9-30-21(26)27)18(37)34-15(11-16(25)35)19(38)33-14(20(39)40)7-4-10-31-22(28)29/h12-15H,1-11,23-24H2,(H2,25,35)(H,32,36)(H,33,38)(H,34,37)(H,39,40)(H4,26,27,30)(H4,28,29,31)/t12-,13-,14-,15-/m0/s1. The van der Waals surface area contributed by atoms with Gasteiger partial charge in [-0.3, -0.25) is 29.2 Å². The second-order valence-electron chi connectivity index (χ2n) is 8.98. The van der Waals surface area contributed by atoms with Crippen molar-refractivity contribution in [2.75, 3.05) is 19.6 Å². The van der Waals surface area contributed by atoms with Gasteiger partial charge in [0.2, 0.25) is 23.6 Å². The van der Waals surface area contributed by atoms with E-state index in [2.05, 4.69) is 25.9 Å². The van der Waals surface area contributed by atoms with Crippen molar-refractivity contribution >= 4 is 41.5 Å². The summed E-state index contributed by atoms with van der Waals surface area (Å²) in [5.74, 6) is -5.01. The molecular weight excluding hydrogens is 528 g/mol. The molecular formula is C22H44N12O6. The molecule has 4 amide bonds. The van der Waals surface area contributed by atoms with E-state index in [-0.39, 0.29) is 50.7 Å². The van der Waals surface area contributed by atoms with Crippen LogP contribution in [0.3, 0.4) is 0 Å². The van der Waals surface area contributed by atoms with Gasteiger partial charge in [-0.25, -0.2) is 4.79 Å². The lowest BCUT2D eigenvalue weighted by Gasteiger charge is -2.24. The molecule has 18 heteroatoms. The van der Waals surface area contributed by atoms with E-state index in [1.54, 1.807) is 0 Å². The van der Waals surface area contributed by atoms with Crippen LogP contribution in [0, 0.1) is 0 Å². The average molecular weight is 573 g/mol. The maximum Gasteiger partial charge on any atom is 0.326 e. The monoisotopic (exact) mass is 572 g/mol. The van der Waals surface area contributed by atoms with E-state index >= 15 is 0 Å². The topological polar surface area (TPSA) is 349 Å². The number of aliphatic carboxylic acids is 1. The summed E-state index contributed by atoms with van der Waals surface area (Å²) in [7, 11) is 0. The van der Waals surface area contributed by atoms with Crippen LogP contribution in [0.4, 0.5) is 0 Å². The fourth-order valence-electron chi connectivity index (χ4n) is 3.41. The first-order chi connectivity index (χ1) is 18.8. The molecule has 0 bridgehead atoms. The molecule has 0 fully saturated rings. The van der Waals surface area contributed by atoms with Gasteiger partial charge in [0.15, 0.2) is 11.9 Å². The van der Waals surface area contributed by atoms with Crippen LogP contribution in [0.25, 0.3) is 0 Å². The highest BCUT2D eigenvalue weighted by atomic mass is 16.4. The maximum atomic E-state index is 13.1. The summed E-state index contributed by atoms with van der Waals surface area (Å²) in [6.45, 7) is 0.710. The van der Waals surface area contributed by atoms with Crippen LogP contribution in [0.2, 0.25) is 0 Å². The largest absolute Gasteiger partial charge is 0.480 e. The van der Waals surface area contributed by atoms with E-state index in [0.717, 1.165) is 0 Å². The van der Waals surface area contributed by atoms with Crippen molar-refractivity contribution < 1.29 is 29.1 Å². The van der Waals surface area contributed by atoms with Crippen LogP contribution in [-0.2, 0) is 24.0 Å². The highest BCUT2D eigenvalue weighted by Gasteiger charge is 2.31. The number of nitrogens with zero attached hydrogens (tertiary/aromatic N) is 2. The van der Waals surface area contributed by atoms with Gasteiger partial charge < -0.3 is 61.2 Å². The van der Waals surface area contributed by atoms with Gasteiger partial charge in [-0.05, 0) is 45.1 Å². The van der Waals surface area contributed by atoms with Gasteiger partial charge in [0.05, 0.1) is 12.5 Å². The van der Waals surface area contributed by atoms with Crippen LogP contribution in [0.1, 0.15) is 51.4 Å². The van der Waals surface area contributed by atoms with Crippen LogP contribution in [0.15, 0.2) is 9.98 Å². The van der Waals surface area contributed by atoms with E-state index in [0.29, 0.717) is 25.8 Å². The molecule has 40 heavy (non-hydrogen) atoms. The Bertz CT molecular complexity index is 905. The van der Waals surface area contributed by atoms with E-state index in [1.807, 2.05) is 0 Å². The van der Waals surface area contributed by atoms with Gasteiger partial charge >= 0.3 is 5.97 Å². The zero-order valence-corrected chi connectivity index (χ0v) is 22.5. The van der Waals surface area contributed by atoms with E-state index < -0.39 is 60.2 Å². The third kappa shape index (κ3) is 16.6. The fourth-order valence-corrected chi connectivity index (χ4v) is 3.41. The Balaban J connectivity index is 5.58. The number of carboxylic acid groups (broad SMARTS) is 1. The van der Waals surface area contributed by atoms with Crippen molar-refractivity contribution in [2.24, 2.45) is 50.1 Å². The minimum absolute atomic E-state index is 0.0411. The summed E-state index contributed by atoms with van der Waals surface area (Å²) in [5.41, 5.74) is 37.7. The normalized spacial score (nSPS) is 13.6. The van der Waals surface area contributed by atoms with Crippen molar-refractivity contribution in [1.29, 1.82) is 0 Å². The molecule has 0 aromatic rings. The van der Waals surface area contributed by atoms with Crippen molar-refractivity contribution in [3.63, 3.8) is 0 Å². The second kappa shape index (κ2) is 19.8. The SMILES string of the molecule is NCCCC[C@H](N)C(=O)N[C@@H](CCCN=C(N)N)C(=O)N[C@@H](CC(N)=O)C(=O)N[C@@H](CCCN=C(N)N)C(=O)O. The number of hydrogen-bond acceptors (Lipinski definition) is 9. The van der Waals surface area contributed by atoms with Crippen molar-refractivity contribution in [1.82, 2.24) is 16.0 Å². The zero-order chi connectivity index (χ0) is 30.7. The number of rotatable bonds is 21. The number of guanidine groups is 2. The Morgan fingerprint density at radius 1 is 0.650 bits per heavy atom. The number of carbonyl (C=O) groups is 5. The molecule has 0 aromatic heterocycles. The van der Waals surface area contributed by atoms with E-state index in [4.69, 9.17) is 40.1 Å². The second-order valence-corrected chi connectivity index (χ2v) is 8.98. The molecule has 0 aromatic carbocycles. The number of amides is 4. The lowest BCUT2D eigenvalue weighted by molar-refractivity contribution is -0.142. The minimum Gasteiger partial charge on any atom is -0.480 e. The molecule has 0 radical (unpaired) electrons. The van der Waals surface area contributed by atoms with Gasteiger partial charge in [0.1, 0.15) is 18.1 Å². The van der Waals surface area contributed by atoms with Gasteiger partial charge in [0, 0.05) is 13.1 Å². The molecule has 0 rings (SSSR count). The summed E-state index contributed by atoms with van der Waals surface area (Å²) < 4.78 is 0. The fraction of sp³-hybridized carbons (Fsp3) is 0.682. The number of unbranched alkanes of at least 4 members (excludes halogenated alkanes) is 1. The van der Waals surface area contributed by atoms with Crippen LogP contribution in [-0.4, -0.2) is 90.4 Å². The van der Waals surface area contributed by atoms with Gasteiger partial charge in [-0.15, -0.1) is 0 Å². The number of hydrogen-bond donors (Lipinski definition) is 11. The Morgan fingerprint density at radius 2 is 1.12 bits per heavy atom. The van der Waals surface area contributed by atoms with Crippen molar-refractivity contribution in [3.8, 4) is 0 Å². The molecule has 18 N–H and O–H groups in total. The highest BCUT2D eigenvalue weighted by molar-refractivity contribution is 5.96. The Kier molecular flexibility index (Phi) is 17.7. The molecule has 18 nitrogen and oxygen atoms in total. The third-order valence-electron chi connectivity index (χ3n) is 5.48. The third-order valence-corrected chi connectivity index (χ3v) is 5.48. The molecule has 0 spiro atoms. The lowest BCUT2D eigenvalue weighted by Crippen LogP contribution is -2.57. The first kappa shape index (κ1) is 35.8. The number of nitrogens with one attached hydrogen (secondary N) is 3. The molecule has 0 aliphatic heterocycles. The van der Waals surface area contributed by atoms with Crippen LogP contribution >= 0.6 is 0 Å². The Hall–Kier alpha value is -4.19. The maximum absolute atomic E-state index is 13.1. The quantitative estimate of drug-likeness (QED) is 0.0349. The molecule has 0 heterocycles. The van der Waals surface area contributed by atoms with Crippen LogP contribution < -0.4 is 56.1 Å². The van der Waals surface area contributed by atoms with Crippen LogP contribution in [0.5, 0.6) is 0 Å². The highest BCUT2D eigenvalue weighted by Crippen LogP contribution is 2.05. The molecule has 4 atom stereocenters. The molecule has 0 saturated heterocycles. The Labute approximate surface area is 232 Å².